The van der Waals surface area contributed by atoms with Crippen LogP contribution in [0.25, 0.3) is 0 Å². The maximum absolute atomic E-state index is 10.8. The van der Waals surface area contributed by atoms with Gasteiger partial charge in [-0.1, -0.05) is 51.2 Å². The van der Waals surface area contributed by atoms with Gasteiger partial charge in [-0.25, -0.2) is 0 Å². The number of guanidine groups is 1. The zero-order chi connectivity index (χ0) is 32.8. The van der Waals surface area contributed by atoms with Gasteiger partial charge in [0, 0.05) is 39.1 Å². The Bertz CT molecular complexity index is 820. The molecular weight excluding hydrogens is 550 g/mol. The molecule has 9 N–H and O–H groups in total. The van der Waals surface area contributed by atoms with Gasteiger partial charge in [0.25, 0.3) is 0 Å². The third-order valence-corrected chi connectivity index (χ3v) is 8.03. The van der Waals surface area contributed by atoms with Gasteiger partial charge in [-0.05, 0) is 76.2 Å². The van der Waals surface area contributed by atoms with E-state index in [0.29, 0.717) is 5.57 Å². The smallest absolute Gasteiger partial charge is 0.190 e. The third-order valence-electron chi connectivity index (χ3n) is 8.03. The Hall–Kier alpha value is -1.79. The molecule has 9 atom stereocenters. The first kappa shape index (κ1) is 41.2. The molecule has 0 aliphatic heterocycles. The van der Waals surface area contributed by atoms with E-state index >= 15 is 0 Å². The van der Waals surface area contributed by atoms with Crippen LogP contribution in [0.2, 0.25) is 0 Å². The molecule has 0 aromatic carbocycles. The fourth-order valence-corrected chi connectivity index (χ4v) is 4.99. The van der Waals surface area contributed by atoms with Crippen molar-refractivity contribution in [2.45, 2.75) is 122 Å². The van der Waals surface area contributed by atoms with Crippen LogP contribution in [0.5, 0.6) is 0 Å². The molecule has 0 rings (SSSR count). The van der Waals surface area contributed by atoms with Gasteiger partial charge in [-0.3, -0.25) is 4.99 Å². The number of aliphatic hydroxyl groups excluding tert-OH is 7. The van der Waals surface area contributed by atoms with Crippen LogP contribution in [0.1, 0.15) is 85.5 Å². The molecule has 252 valence electrons. The topological polar surface area (TPSA) is 178 Å². The molecule has 43 heavy (non-hydrogen) atoms. The molecule has 10 heteroatoms. The van der Waals surface area contributed by atoms with E-state index in [1.165, 1.54) is 0 Å². The van der Waals surface area contributed by atoms with Crippen molar-refractivity contribution >= 4 is 5.96 Å². The Morgan fingerprint density at radius 3 is 2.05 bits per heavy atom. The van der Waals surface area contributed by atoms with Crippen LogP contribution in [0.15, 0.2) is 40.9 Å². The van der Waals surface area contributed by atoms with E-state index in [1.807, 2.05) is 26.1 Å². The number of nitrogens with one attached hydrogen (secondary N) is 2. The molecular formula is C33H63N3O7. The number of nitrogens with zero attached hydrogens (tertiary/aromatic N) is 1. The normalized spacial score (nSPS) is 19.6. The number of hydrogen-bond acceptors (Lipinski definition) is 8. The van der Waals surface area contributed by atoms with Gasteiger partial charge < -0.3 is 46.4 Å². The van der Waals surface area contributed by atoms with E-state index in [9.17, 15) is 30.6 Å². The summed E-state index contributed by atoms with van der Waals surface area (Å²) in [5.74, 6) is 0.339. The minimum Gasteiger partial charge on any atom is -0.396 e. The van der Waals surface area contributed by atoms with Crippen molar-refractivity contribution in [2.75, 3.05) is 27.2 Å². The number of hydrogen-bond donors (Lipinski definition) is 9. The number of unbranched alkanes of at least 4 members (excludes halogenated alkanes) is 2. The molecule has 0 saturated carbocycles. The Morgan fingerprint density at radius 1 is 0.837 bits per heavy atom. The third kappa shape index (κ3) is 19.3. The fraction of sp³-hybridized carbons (Fsp3) is 0.788. The van der Waals surface area contributed by atoms with Crippen molar-refractivity contribution in [3.05, 3.63) is 36.0 Å². The zero-order valence-electron chi connectivity index (χ0n) is 27.4. The highest BCUT2D eigenvalue weighted by Crippen LogP contribution is 2.23. The first-order chi connectivity index (χ1) is 20.4. The Labute approximate surface area is 260 Å². The van der Waals surface area contributed by atoms with E-state index in [4.69, 9.17) is 5.11 Å². The SMILES string of the molecule is CN=C(NC)NCCC/C=C/CCCC(C)C(O)C(C)/C=C/C=C(\C)C(O)C(C)C(O)CC(O)CC(O)CC(O)CCO. The summed E-state index contributed by atoms with van der Waals surface area (Å²) in [7, 11) is 3.59. The van der Waals surface area contributed by atoms with Gasteiger partial charge in [0.2, 0.25) is 0 Å². The molecule has 0 amide bonds. The minimum absolute atomic E-state index is 0.0130. The summed E-state index contributed by atoms with van der Waals surface area (Å²) in [5.41, 5.74) is 0.655. The lowest BCUT2D eigenvalue weighted by atomic mass is 9.88. The van der Waals surface area contributed by atoms with Crippen LogP contribution in [0.3, 0.4) is 0 Å². The Balaban J connectivity index is 4.50. The van der Waals surface area contributed by atoms with Crippen LogP contribution in [-0.4, -0.2) is 106 Å². The molecule has 0 bridgehead atoms. The van der Waals surface area contributed by atoms with Crippen molar-refractivity contribution in [3.63, 3.8) is 0 Å². The summed E-state index contributed by atoms with van der Waals surface area (Å²) in [6, 6.07) is 0. The second kappa shape index (κ2) is 24.5. The molecule has 0 heterocycles. The van der Waals surface area contributed by atoms with Crippen LogP contribution in [-0.2, 0) is 0 Å². The van der Waals surface area contributed by atoms with Gasteiger partial charge in [0.15, 0.2) is 5.96 Å². The summed E-state index contributed by atoms with van der Waals surface area (Å²) in [6.45, 7) is 8.20. The summed E-state index contributed by atoms with van der Waals surface area (Å²) in [4.78, 5) is 4.08. The van der Waals surface area contributed by atoms with Gasteiger partial charge in [-0.2, -0.15) is 0 Å². The van der Waals surface area contributed by atoms with E-state index in [1.54, 1.807) is 27.0 Å². The second-order valence-corrected chi connectivity index (χ2v) is 12.0. The summed E-state index contributed by atoms with van der Waals surface area (Å²) in [5, 5.41) is 77.1. The molecule has 9 unspecified atom stereocenters. The van der Waals surface area contributed by atoms with Crippen LogP contribution >= 0.6 is 0 Å². The molecule has 0 saturated heterocycles. The molecule has 0 aromatic rings. The molecule has 0 aliphatic carbocycles. The average molecular weight is 614 g/mol. The lowest BCUT2D eigenvalue weighted by molar-refractivity contribution is -0.0138. The standard InChI is InChI=1S/C33H63N3O7/c1-23(14-11-9-7-8-10-12-18-36-33(34-5)35-6)31(42)24(2)15-13-16-25(3)32(43)26(4)30(41)22-29(40)21-28(39)20-27(38)17-19-37/h7-8,13,15-16,23-24,26-32,37-43H,9-12,14,17-22H2,1-6H3,(H2,34,35,36)/b8-7+,15-13+,25-16+. The highest BCUT2D eigenvalue weighted by atomic mass is 16.3. The average Bonchev–Trinajstić information content (AvgIpc) is 2.96. The molecule has 0 aromatic heterocycles. The summed E-state index contributed by atoms with van der Waals surface area (Å²) in [6.07, 6.45) is 9.89. The molecule has 0 spiro atoms. The van der Waals surface area contributed by atoms with Crippen LogP contribution in [0, 0.1) is 17.8 Å². The van der Waals surface area contributed by atoms with Gasteiger partial charge >= 0.3 is 0 Å². The molecule has 0 radical (unpaired) electrons. The first-order valence-corrected chi connectivity index (χ1v) is 15.9. The fourth-order valence-electron chi connectivity index (χ4n) is 4.99. The summed E-state index contributed by atoms with van der Waals surface area (Å²) >= 11 is 0. The maximum atomic E-state index is 10.8. The van der Waals surface area contributed by atoms with E-state index in [-0.39, 0.29) is 44.1 Å². The lowest BCUT2D eigenvalue weighted by Crippen LogP contribution is -2.35. The van der Waals surface area contributed by atoms with Gasteiger partial charge in [0.05, 0.1) is 36.6 Å². The van der Waals surface area contributed by atoms with Gasteiger partial charge in [0.1, 0.15) is 0 Å². The number of allylic oxidation sites excluding steroid dienone is 4. The summed E-state index contributed by atoms with van der Waals surface area (Å²) < 4.78 is 0. The zero-order valence-corrected chi connectivity index (χ0v) is 27.4. The van der Waals surface area contributed by atoms with Crippen LogP contribution < -0.4 is 10.6 Å². The van der Waals surface area contributed by atoms with Crippen LogP contribution in [0.4, 0.5) is 0 Å². The molecule has 0 fully saturated rings. The Kier molecular flexibility index (Phi) is 23.5. The quantitative estimate of drug-likeness (QED) is 0.0275. The van der Waals surface area contributed by atoms with E-state index in [2.05, 4.69) is 34.7 Å². The second-order valence-electron chi connectivity index (χ2n) is 12.0. The minimum atomic E-state index is -0.994. The maximum Gasteiger partial charge on any atom is 0.190 e. The van der Waals surface area contributed by atoms with Crippen molar-refractivity contribution in [2.24, 2.45) is 22.7 Å². The van der Waals surface area contributed by atoms with Gasteiger partial charge in [-0.15, -0.1) is 0 Å². The molecule has 10 nitrogen and oxygen atoms in total. The largest absolute Gasteiger partial charge is 0.396 e. The highest BCUT2D eigenvalue weighted by molar-refractivity contribution is 5.79. The van der Waals surface area contributed by atoms with Crippen molar-refractivity contribution in [1.82, 2.24) is 10.6 Å². The van der Waals surface area contributed by atoms with E-state index in [0.717, 1.165) is 44.6 Å². The van der Waals surface area contributed by atoms with E-state index < -0.39 is 42.5 Å². The van der Waals surface area contributed by atoms with Crippen molar-refractivity contribution < 1.29 is 35.7 Å². The number of aliphatic imine (C=N–C) groups is 1. The Morgan fingerprint density at radius 2 is 1.44 bits per heavy atom. The predicted molar refractivity (Wildman–Crippen MR) is 175 cm³/mol. The lowest BCUT2D eigenvalue weighted by Gasteiger charge is -2.27. The first-order valence-electron chi connectivity index (χ1n) is 15.9. The predicted octanol–water partition coefficient (Wildman–Crippen LogP) is 2.42. The van der Waals surface area contributed by atoms with Crippen molar-refractivity contribution in [3.8, 4) is 0 Å². The monoisotopic (exact) mass is 613 g/mol. The highest BCUT2D eigenvalue weighted by Gasteiger charge is 2.27. The number of aliphatic hydroxyl groups is 7. The van der Waals surface area contributed by atoms with Crippen molar-refractivity contribution in [1.29, 1.82) is 0 Å². The number of rotatable bonds is 23. The molecule has 0 aliphatic rings.